The summed E-state index contributed by atoms with van der Waals surface area (Å²) in [6.07, 6.45) is 2.87. The predicted molar refractivity (Wildman–Crippen MR) is 73.4 cm³/mol. The number of carbonyl (C=O) groups is 1. The minimum atomic E-state index is -0.311. The number of amides is 1. The van der Waals surface area contributed by atoms with E-state index >= 15 is 0 Å². The first-order valence-corrected chi connectivity index (χ1v) is 6.88. The van der Waals surface area contributed by atoms with Crippen molar-refractivity contribution in [2.45, 2.75) is 31.8 Å². The molecule has 2 N–H and O–H groups in total. The van der Waals surface area contributed by atoms with Crippen LogP contribution < -0.4 is 10.6 Å². The van der Waals surface area contributed by atoms with Crippen LogP contribution in [0.2, 0.25) is 5.02 Å². The van der Waals surface area contributed by atoms with E-state index in [9.17, 15) is 9.18 Å². The molecular formula is C14H18ClFN2O. The van der Waals surface area contributed by atoms with E-state index < -0.39 is 0 Å². The van der Waals surface area contributed by atoms with Crippen LogP contribution in [-0.2, 0) is 11.3 Å². The molecule has 0 unspecified atom stereocenters. The van der Waals surface area contributed by atoms with Gasteiger partial charge in [0.1, 0.15) is 5.82 Å². The van der Waals surface area contributed by atoms with Gasteiger partial charge in [-0.25, -0.2) is 4.39 Å². The fourth-order valence-electron chi connectivity index (χ4n) is 2.61. The van der Waals surface area contributed by atoms with E-state index in [1.165, 1.54) is 6.07 Å². The average Bonchev–Trinajstić information content (AvgIpc) is 2.85. The number of nitrogens with one attached hydrogen (secondary N) is 2. The summed E-state index contributed by atoms with van der Waals surface area (Å²) in [6, 6.07) is 4.78. The molecule has 104 valence electrons. The molecule has 2 atom stereocenters. The lowest BCUT2D eigenvalue weighted by atomic mass is 10.0. The zero-order valence-corrected chi connectivity index (χ0v) is 11.6. The Bertz CT molecular complexity index is 467. The van der Waals surface area contributed by atoms with Crippen molar-refractivity contribution in [2.24, 2.45) is 5.92 Å². The van der Waals surface area contributed by atoms with Gasteiger partial charge in [0.05, 0.1) is 5.92 Å². The topological polar surface area (TPSA) is 41.1 Å². The Morgan fingerprint density at radius 3 is 2.95 bits per heavy atom. The second kappa shape index (κ2) is 6.35. The Labute approximate surface area is 117 Å². The zero-order chi connectivity index (χ0) is 13.8. The minimum Gasteiger partial charge on any atom is -0.359 e. The Balaban J connectivity index is 1.96. The Morgan fingerprint density at radius 2 is 2.26 bits per heavy atom. The summed E-state index contributed by atoms with van der Waals surface area (Å²) < 4.78 is 13.6. The molecule has 0 aliphatic heterocycles. The maximum atomic E-state index is 13.6. The monoisotopic (exact) mass is 284 g/mol. The van der Waals surface area contributed by atoms with Crippen LogP contribution in [0.15, 0.2) is 18.2 Å². The third-order valence-corrected chi connectivity index (χ3v) is 3.90. The zero-order valence-electron chi connectivity index (χ0n) is 10.9. The van der Waals surface area contributed by atoms with Crippen LogP contribution in [0, 0.1) is 11.7 Å². The normalized spacial score (nSPS) is 22.5. The molecule has 1 saturated carbocycles. The van der Waals surface area contributed by atoms with Gasteiger partial charge in [0.25, 0.3) is 0 Å². The first-order chi connectivity index (χ1) is 9.11. The maximum Gasteiger partial charge on any atom is 0.224 e. The number of rotatable bonds is 4. The van der Waals surface area contributed by atoms with E-state index in [1.54, 1.807) is 19.2 Å². The van der Waals surface area contributed by atoms with Crippen molar-refractivity contribution in [3.05, 3.63) is 34.6 Å². The Kier molecular flexibility index (Phi) is 4.77. The van der Waals surface area contributed by atoms with E-state index in [-0.39, 0.29) is 23.7 Å². The summed E-state index contributed by atoms with van der Waals surface area (Å²) in [6.45, 7) is 0.418. The van der Waals surface area contributed by atoms with Crippen LogP contribution in [-0.4, -0.2) is 19.0 Å². The summed E-state index contributed by atoms with van der Waals surface area (Å²) in [5, 5.41) is 6.36. The molecule has 0 saturated heterocycles. The second-order valence-corrected chi connectivity index (χ2v) is 5.31. The third kappa shape index (κ3) is 3.45. The fraction of sp³-hybridized carbons (Fsp3) is 0.500. The number of hydrogen-bond donors (Lipinski definition) is 2. The van der Waals surface area contributed by atoms with Gasteiger partial charge in [0.15, 0.2) is 0 Å². The Morgan fingerprint density at radius 1 is 1.47 bits per heavy atom. The van der Waals surface area contributed by atoms with E-state index in [4.69, 9.17) is 11.6 Å². The number of halogens is 2. The molecule has 1 aliphatic carbocycles. The molecule has 0 spiro atoms. The molecule has 0 heterocycles. The highest BCUT2D eigenvalue weighted by molar-refractivity contribution is 6.30. The number of carbonyl (C=O) groups excluding carboxylic acids is 1. The molecular weight excluding hydrogens is 267 g/mol. The summed E-state index contributed by atoms with van der Waals surface area (Å²) in [4.78, 5) is 11.7. The highest BCUT2D eigenvalue weighted by atomic mass is 35.5. The van der Waals surface area contributed by atoms with Gasteiger partial charge < -0.3 is 10.6 Å². The van der Waals surface area contributed by atoms with Crippen LogP contribution in [0.1, 0.15) is 24.8 Å². The molecule has 1 aromatic carbocycles. The van der Waals surface area contributed by atoms with Crippen molar-refractivity contribution >= 4 is 17.5 Å². The van der Waals surface area contributed by atoms with Crippen molar-refractivity contribution in [2.75, 3.05) is 7.05 Å². The summed E-state index contributed by atoms with van der Waals surface area (Å²) in [7, 11) is 1.65. The largest absolute Gasteiger partial charge is 0.359 e. The highest BCUT2D eigenvalue weighted by Gasteiger charge is 2.31. The van der Waals surface area contributed by atoms with Gasteiger partial charge in [-0.2, -0.15) is 0 Å². The van der Waals surface area contributed by atoms with Crippen molar-refractivity contribution in [1.82, 2.24) is 10.6 Å². The van der Waals surface area contributed by atoms with Crippen LogP contribution in [0.3, 0.4) is 0 Å². The van der Waals surface area contributed by atoms with Gasteiger partial charge in [0, 0.05) is 30.2 Å². The van der Waals surface area contributed by atoms with Gasteiger partial charge in [-0.1, -0.05) is 24.1 Å². The van der Waals surface area contributed by atoms with Crippen LogP contribution in [0.5, 0.6) is 0 Å². The SMILES string of the molecule is CNC(=O)[C@H]1CCC[C@H]1NCc1ccc(Cl)cc1F. The first-order valence-electron chi connectivity index (χ1n) is 6.50. The third-order valence-electron chi connectivity index (χ3n) is 3.67. The van der Waals surface area contributed by atoms with Crippen molar-refractivity contribution in [3.8, 4) is 0 Å². The Hall–Kier alpha value is -1.13. The molecule has 1 aliphatic rings. The van der Waals surface area contributed by atoms with Gasteiger partial charge in [0.2, 0.25) is 5.91 Å². The maximum absolute atomic E-state index is 13.6. The highest BCUT2D eigenvalue weighted by Crippen LogP contribution is 2.26. The molecule has 0 bridgehead atoms. The lowest BCUT2D eigenvalue weighted by molar-refractivity contribution is -0.124. The molecule has 0 radical (unpaired) electrons. The lowest BCUT2D eigenvalue weighted by Gasteiger charge is -2.20. The molecule has 3 nitrogen and oxygen atoms in total. The van der Waals surface area contributed by atoms with Gasteiger partial charge >= 0.3 is 0 Å². The van der Waals surface area contributed by atoms with Gasteiger partial charge in [-0.3, -0.25) is 4.79 Å². The van der Waals surface area contributed by atoms with E-state index in [1.807, 2.05) is 0 Å². The molecule has 1 amide bonds. The second-order valence-electron chi connectivity index (χ2n) is 4.87. The van der Waals surface area contributed by atoms with E-state index in [0.29, 0.717) is 17.1 Å². The standard InChI is InChI=1S/C14H18ClFN2O/c1-17-14(19)11-3-2-4-13(11)18-8-9-5-6-10(15)7-12(9)16/h5-7,11,13,18H,2-4,8H2,1H3,(H,17,19)/t11-,13+/m0/s1. The van der Waals surface area contributed by atoms with E-state index in [2.05, 4.69) is 10.6 Å². The van der Waals surface area contributed by atoms with Crippen LogP contribution >= 0.6 is 11.6 Å². The lowest BCUT2D eigenvalue weighted by Crippen LogP contribution is -2.40. The van der Waals surface area contributed by atoms with Gasteiger partial charge in [-0.05, 0) is 25.0 Å². The quantitative estimate of drug-likeness (QED) is 0.892. The molecule has 19 heavy (non-hydrogen) atoms. The van der Waals surface area contributed by atoms with Gasteiger partial charge in [-0.15, -0.1) is 0 Å². The number of hydrogen-bond acceptors (Lipinski definition) is 2. The first kappa shape index (κ1) is 14.3. The summed E-state index contributed by atoms with van der Waals surface area (Å²) in [5.74, 6) is -0.263. The molecule has 5 heteroatoms. The number of benzene rings is 1. The smallest absolute Gasteiger partial charge is 0.224 e. The molecule has 0 aromatic heterocycles. The average molecular weight is 285 g/mol. The fourth-order valence-corrected chi connectivity index (χ4v) is 2.77. The van der Waals surface area contributed by atoms with E-state index in [0.717, 1.165) is 19.3 Å². The van der Waals surface area contributed by atoms with Crippen LogP contribution in [0.4, 0.5) is 4.39 Å². The van der Waals surface area contributed by atoms with Crippen LogP contribution in [0.25, 0.3) is 0 Å². The summed E-state index contributed by atoms with van der Waals surface area (Å²) in [5.41, 5.74) is 0.576. The molecule has 2 rings (SSSR count). The van der Waals surface area contributed by atoms with Crippen molar-refractivity contribution in [1.29, 1.82) is 0 Å². The molecule has 1 aromatic rings. The minimum absolute atomic E-state index is 0.0136. The van der Waals surface area contributed by atoms with Crippen molar-refractivity contribution in [3.63, 3.8) is 0 Å². The predicted octanol–water partition coefficient (Wildman–Crippen LogP) is 2.48. The van der Waals surface area contributed by atoms with Crippen molar-refractivity contribution < 1.29 is 9.18 Å². The molecule has 1 fully saturated rings. The summed E-state index contributed by atoms with van der Waals surface area (Å²) >= 11 is 5.71.